The molecule has 2 rings (SSSR count). The van der Waals surface area contributed by atoms with Gasteiger partial charge in [-0.2, -0.15) is 11.3 Å². The van der Waals surface area contributed by atoms with Crippen LogP contribution in [0.5, 0.6) is 0 Å². The summed E-state index contributed by atoms with van der Waals surface area (Å²) in [5.74, 6) is 0. The molecule has 84 valence electrons. The fourth-order valence-electron chi connectivity index (χ4n) is 2.01. The molecule has 3 heteroatoms. The number of hydrogen-bond donors (Lipinski definition) is 1. The number of hydrogen-bond acceptors (Lipinski definition) is 3. The van der Waals surface area contributed by atoms with Crippen molar-refractivity contribution in [1.82, 2.24) is 5.32 Å². The first kappa shape index (κ1) is 11.1. The van der Waals surface area contributed by atoms with Crippen molar-refractivity contribution in [3.8, 4) is 0 Å². The third kappa shape index (κ3) is 2.80. The molecule has 1 aromatic heterocycles. The summed E-state index contributed by atoms with van der Waals surface area (Å²) in [6, 6.07) is 2.20. The van der Waals surface area contributed by atoms with Crippen molar-refractivity contribution in [1.29, 1.82) is 0 Å². The van der Waals surface area contributed by atoms with Crippen LogP contribution in [0.25, 0.3) is 0 Å². The van der Waals surface area contributed by atoms with Gasteiger partial charge in [0.15, 0.2) is 0 Å². The summed E-state index contributed by atoms with van der Waals surface area (Å²) in [4.78, 5) is 0. The van der Waals surface area contributed by atoms with E-state index in [1.807, 2.05) is 7.11 Å². The Labute approximate surface area is 95.6 Å². The Morgan fingerprint density at radius 2 is 2.40 bits per heavy atom. The van der Waals surface area contributed by atoms with Crippen LogP contribution in [0, 0.1) is 0 Å². The van der Waals surface area contributed by atoms with Crippen LogP contribution in [0.2, 0.25) is 0 Å². The van der Waals surface area contributed by atoms with Crippen molar-refractivity contribution in [3.05, 3.63) is 22.4 Å². The van der Waals surface area contributed by atoms with E-state index in [4.69, 9.17) is 4.74 Å². The third-order valence-electron chi connectivity index (χ3n) is 3.32. The molecule has 0 bridgehead atoms. The molecule has 1 aliphatic rings. The van der Waals surface area contributed by atoms with Gasteiger partial charge in [0.2, 0.25) is 0 Å². The maximum atomic E-state index is 5.55. The molecule has 1 fully saturated rings. The molecule has 1 N–H and O–H groups in total. The second kappa shape index (κ2) is 5.10. The zero-order valence-electron chi connectivity index (χ0n) is 9.29. The Balaban J connectivity index is 1.62. The third-order valence-corrected chi connectivity index (χ3v) is 4.05. The molecular formula is C12H19NOS. The van der Waals surface area contributed by atoms with Gasteiger partial charge in [-0.05, 0) is 54.6 Å². The van der Waals surface area contributed by atoms with Gasteiger partial charge in [0.25, 0.3) is 0 Å². The molecule has 1 heterocycles. The molecule has 0 unspecified atom stereocenters. The molecule has 15 heavy (non-hydrogen) atoms. The highest BCUT2D eigenvalue weighted by atomic mass is 32.1. The average molecular weight is 225 g/mol. The number of ether oxygens (including phenoxy) is 1. The molecule has 0 spiro atoms. The summed E-state index contributed by atoms with van der Waals surface area (Å²) >= 11 is 1.77. The highest BCUT2D eigenvalue weighted by molar-refractivity contribution is 7.07. The number of rotatable bonds is 6. The Morgan fingerprint density at radius 3 is 2.93 bits per heavy atom. The molecule has 1 aliphatic carbocycles. The number of methoxy groups -OCH3 is 1. The molecular weight excluding hydrogens is 206 g/mol. The maximum absolute atomic E-state index is 5.55. The highest BCUT2D eigenvalue weighted by Gasteiger charge is 2.36. The lowest BCUT2D eigenvalue weighted by molar-refractivity contribution is -0.0691. The highest BCUT2D eigenvalue weighted by Crippen LogP contribution is 2.34. The van der Waals surface area contributed by atoms with Gasteiger partial charge in [-0.3, -0.25) is 0 Å². The van der Waals surface area contributed by atoms with E-state index >= 15 is 0 Å². The standard InChI is InChI=1S/C12H19NOS/c1-14-12(5-2-6-12)10-13-7-3-11-4-8-15-9-11/h4,8-9,13H,2-3,5-7,10H2,1H3. The summed E-state index contributed by atoms with van der Waals surface area (Å²) in [6.45, 7) is 2.06. The van der Waals surface area contributed by atoms with E-state index in [1.165, 1.54) is 24.8 Å². The van der Waals surface area contributed by atoms with Crippen LogP contribution < -0.4 is 5.32 Å². The maximum Gasteiger partial charge on any atom is 0.0802 e. The summed E-state index contributed by atoms with van der Waals surface area (Å²) in [7, 11) is 1.83. The summed E-state index contributed by atoms with van der Waals surface area (Å²) < 4.78 is 5.55. The van der Waals surface area contributed by atoms with Crippen LogP contribution in [-0.2, 0) is 11.2 Å². The van der Waals surface area contributed by atoms with Crippen molar-refractivity contribution in [2.24, 2.45) is 0 Å². The molecule has 0 aliphatic heterocycles. The van der Waals surface area contributed by atoms with Crippen LogP contribution >= 0.6 is 11.3 Å². The van der Waals surface area contributed by atoms with Gasteiger partial charge in [0.05, 0.1) is 5.60 Å². The second-order valence-electron chi connectivity index (χ2n) is 4.30. The smallest absolute Gasteiger partial charge is 0.0802 e. The largest absolute Gasteiger partial charge is 0.377 e. The molecule has 0 saturated heterocycles. The topological polar surface area (TPSA) is 21.3 Å². The minimum atomic E-state index is 0.161. The first-order valence-electron chi connectivity index (χ1n) is 5.62. The van der Waals surface area contributed by atoms with Gasteiger partial charge >= 0.3 is 0 Å². The van der Waals surface area contributed by atoms with Gasteiger partial charge in [0, 0.05) is 13.7 Å². The molecule has 1 aromatic rings. The van der Waals surface area contributed by atoms with Crippen molar-refractivity contribution in [2.45, 2.75) is 31.3 Å². The minimum absolute atomic E-state index is 0.161. The Kier molecular flexibility index (Phi) is 3.78. The Bertz CT molecular complexity index is 274. The fourth-order valence-corrected chi connectivity index (χ4v) is 2.71. The quantitative estimate of drug-likeness (QED) is 0.751. The number of nitrogens with one attached hydrogen (secondary N) is 1. The van der Waals surface area contributed by atoms with Crippen LogP contribution in [0.3, 0.4) is 0 Å². The first-order chi connectivity index (χ1) is 7.35. The van der Waals surface area contributed by atoms with Crippen molar-refractivity contribution in [3.63, 3.8) is 0 Å². The van der Waals surface area contributed by atoms with Gasteiger partial charge in [-0.15, -0.1) is 0 Å². The lowest BCUT2D eigenvalue weighted by Crippen LogP contribution is -2.48. The summed E-state index contributed by atoms with van der Waals surface area (Å²) in [5, 5.41) is 7.85. The minimum Gasteiger partial charge on any atom is -0.377 e. The lowest BCUT2D eigenvalue weighted by Gasteiger charge is -2.40. The molecule has 1 saturated carbocycles. The van der Waals surface area contributed by atoms with E-state index in [9.17, 15) is 0 Å². The second-order valence-corrected chi connectivity index (χ2v) is 5.08. The summed E-state index contributed by atoms with van der Waals surface area (Å²) in [6.07, 6.45) is 4.88. The molecule has 2 nitrogen and oxygen atoms in total. The van der Waals surface area contributed by atoms with Gasteiger partial charge in [-0.25, -0.2) is 0 Å². The monoisotopic (exact) mass is 225 g/mol. The van der Waals surface area contributed by atoms with Crippen molar-refractivity contribution in [2.75, 3.05) is 20.2 Å². The Hall–Kier alpha value is -0.380. The van der Waals surface area contributed by atoms with Gasteiger partial charge in [0.1, 0.15) is 0 Å². The van der Waals surface area contributed by atoms with Gasteiger partial charge < -0.3 is 10.1 Å². The van der Waals surface area contributed by atoms with E-state index < -0.39 is 0 Å². The predicted octanol–water partition coefficient (Wildman–Crippen LogP) is 2.45. The normalized spacial score (nSPS) is 18.7. The van der Waals surface area contributed by atoms with Crippen LogP contribution in [0.1, 0.15) is 24.8 Å². The molecule has 0 atom stereocenters. The van der Waals surface area contributed by atoms with E-state index in [-0.39, 0.29) is 5.60 Å². The van der Waals surface area contributed by atoms with E-state index in [0.29, 0.717) is 0 Å². The molecule has 0 amide bonds. The van der Waals surface area contributed by atoms with Crippen molar-refractivity contribution >= 4 is 11.3 Å². The van der Waals surface area contributed by atoms with E-state index in [1.54, 1.807) is 11.3 Å². The fraction of sp³-hybridized carbons (Fsp3) is 0.667. The number of thiophene rings is 1. The van der Waals surface area contributed by atoms with Crippen LogP contribution in [-0.4, -0.2) is 25.8 Å². The van der Waals surface area contributed by atoms with E-state index in [2.05, 4.69) is 22.1 Å². The van der Waals surface area contributed by atoms with Crippen molar-refractivity contribution < 1.29 is 4.74 Å². The summed E-state index contributed by atoms with van der Waals surface area (Å²) in [5.41, 5.74) is 1.60. The van der Waals surface area contributed by atoms with Gasteiger partial charge in [-0.1, -0.05) is 0 Å². The SMILES string of the molecule is COC1(CNCCc2ccsc2)CCC1. The molecule has 0 radical (unpaired) electrons. The zero-order valence-corrected chi connectivity index (χ0v) is 10.1. The average Bonchev–Trinajstić information content (AvgIpc) is 2.68. The van der Waals surface area contributed by atoms with Crippen LogP contribution in [0.15, 0.2) is 16.8 Å². The van der Waals surface area contributed by atoms with Crippen LogP contribution in [0.4, 0.5) is 0 Å². The molecule has 0 aromatic carbocycles. The zero-order chi connectivity index (χ0) is 10.6. The predicted molar refractivity (Wildman–Crippen MR) is 64.5 cm³/mol. The van der Waals surface area contributed by atoms with E-state index in [0.717, 1.165) is 19.5 Å². The Morgan fingerprint density at radius 1 is 1.53 bits per heavy atom. The lowest BCUT2D eigenvalue weighted by atomic mass is 9.80. The first-order valence-corrected chi connectivity index (χ1v) is 6.56.